The van der Waals surface area contributed by atoms with Crippen molar-refractivity contribution in [2.75, 3.05) is 18.0 Å². The highest BCUT2D eigenvalue weighted by Gasteiger charge is 2.23. The Bertz CT molecular complexity index is 777. The second kappa shape index (κ2) is 4.50. The highest BCUT2D eigenvalue weighted by Crippen LogP contribution is 2.22. The van der Waals surface area contributed by atoms with E-state index in [4.69, 9.17) is 0 Å². The Hall–Kier alpha value is -2.05. The molecule has 0 N–H and O–H groups in total. The third kappa shape index (κ3) is 1.62. The Labute approximate surface area is 116 Å². The number of aromatic nitrogens is 4. The van der Waals surface area contributed by atoms with E-state index in [0.717, 1.165) is 36.4 Å². The number of imidazole rings is 1. The predicted molar refractivity (Wildman–Crippen MR) is 77.3 cm³/mol. The molecule has 3 rings (SSSR count). The fraction of sp³-hybridized carbons (Fsp3) is 0.615. The molecule has 0 amide bonds. The summed E-state index contributed by atoms with van der Waals surface area (Å²) in [5.74, 6) is 0.804. The van der Waals surface area contributed by atoms with Crippen LogP contribution in [-0.2, 0) is 20.6 Å². The van der Waals surface area contributed by atoms with Crippen LogP contribution in [0.25, 0.3) is 11.2 Å². The maximum absolute atomic E-state index is 12.4. The summed E-state index contributed by atoms with van der Waals surface area (Å²) in [6, 6.07) is 0. The molecule has 1 aliphatic rings. The molecule has 0 bridgehead atoms. The van der Waals surface area contributed by atoms with Gasteiger partial charge in [0.05, 0.1) is 0 Å². The zero-order valence-corrected chi connectivity index (χ0v) is 12.1. The highest BCUT2D eigenvalue weighted by atomic mass is 16.2. The van der Waals surface area contributed by atoms with E-state index in [0.29, 0.717) is 17.7 Å². The Balaban J connectivity index is 2.40. The first kappa shape index (κ1) is 13.0. The number of rotatable bonds is 2. The zero-order valence-electron chi connectivity index (χ0n) is 12.1. The summed E-state index contributed by atoms with van der Waals surface area (Å²) in [6.07, 6.45) is 2.29. The summed E-state index contributed by atoms with van der Waals surface area (Å²) >= 11 is 0. The van der Waals surface area contributed by atoms with Crippen LogP contribution in [0.1, 0.15) is 19.8 Å². The van der Waals surface area contributed by atoms with Gasteiger partial charge in [-0.1, -0.05) is 0 Å². The quantitative estimate of drug-likeness (QED) is 0.778. The standard InChI is InChI=1S/C13H19N5O2/c1-4-18-9-10(14-12(18)17-7-5-6-8-17)15(2)13(20)16(3)11(9)19/h4-8H2,1-3H3. The molecule has 1 aliphatic heterocycles. The largest absolute Gasteiger partial charge is 0.342 e. The van der Waals surface area contributed by atoms with E-state index >= 15 is 0 Å². The lowest BCUT2D eigenvalue weighted by molar-refractivity contribution is 0.698. The minimum Gasteiger partial charge on any atom is -0.342 e. The van der Waals surface area contributed by atoms with Crippen molar-refractivity contribution in [1.29, 1.82) is 0 Å². The van der Waals surface area contributed by atoms with Crippen molar-refractivity contribution in [2.45, 2.75) is 26.3 Å². The Morgan fingerprint density at radius 1 is 1.10 bits per heavy atom. The minimum atomic E-state index is -0.337. The molecule has 0 aliphatic carbocycles. The predicted octanol–water partition coefficient (Wildman–Crippen LogP) is 0.0538. The van der Waals surface area contributed by atoms with Crippen LogP contribution in [0.15, 0.2) is 9.59 Å². The van der Waals surface area contributed by atoms with E-state index in [1.54, 1.807) is 7.05 Å². The van der Waals surface area contributed by atoms with E-state index in [2.05, 4.69) is 9.88 Å². The molecule has 0 saturated carbocycles. The fourth-order valence-electron chi connectivity index (χ4n) is 2.89. The first-order valence-corrected chi connectivity index (χ1v) is 6.97. The molecular weight excluding hydrogens is 258 g/mol. The molecule has 108 valence electrons. The fourth-order valence-corrected chi connectivity index (χ4v) is 2.89. The van der Waals surface area contributed by atoms with Crippen LogP contribution in [-0.4, -0.2) is 31.8 Å². The molecule has 3 heterocycles. The van der Waals surface area contributed by atoms with E-state index in [-0.39, 0.29) is 11.2 Å². The van der Waals surface area contributed by atoms with Crippen LogP contribution in [0.2, 0.25) is 0 Å². The monoisotopic (exact) mass is 277 g/mol. The maximum Gasteiger partial charge on any atom is 0.332 e. The van der Waals surface area contributed by atoms with Gasteiger partial charge in [0.2, 0.25) is 5.95 Å². The SMILES string of the molecule is CCn1c(N2CCCC2)nc2c1c(=O)n(C)c(=O)n2C. The first-order valence-electron chi connectivity index (χ1n) is 6.97. The van der Waals surface area contributed by atoms with Gasteiger partial charge in [0.15, 0.2) is 11.2 Å². The smallest absolute Gasteiger partial charge is 0.332 e. The summed E-state index contributed by atoms with van der Waals surface area (Å²) in [6.45, 7) is 4.57. The van der Waals surface area contributed by atoms with Crippen molar-refractivity contribution >= 4 is 17.1 Å². The number of aryl methyl sites for hydroxylation is 2. The molecular formula is C13H19N5O2. The summed E-state index contributed by atoms with van der Waals surface area (Å²) in [4.78, 5) is 31.1. The average molecular weight is 277 g/mol. The van der Waals surface area contributed by atoms with E-state index < -0.39 is 0 Å². The second-order valence-electron chi connectivity index (χ2n) is 5.23. The van der Waals surface area contributed by atoms with Crippen molar-refractivity contribution < 1.29 is 0 Å². The number of nitrogens with zero attached hydrogens (tertiary/aromatic N) is 5. The number of hydrogen-bond donors (Lipinski definition) is 0. The van der Waals surface area contributed by atoms with Gasteiger partial charge in [-0.3, -0.25) is 13.9 Å². The van der Waals surface area contributed by atoms with Gasteiger partial charge < -0.3 is 9.47 Å². The van der Waals surface area contributed by atoms with Crippen LogP contribution in [0.3, 0.4) is 0 Å². The van der Waals surface area contributed by atoms with Crippen LogP contribution < -0.4 is 16.1 Å². The van der Waals surface area contributed by atoms with Crippen molar-refractivity contribution in [3.63, 3.8) is 0 Å². The normalized spacial score (nSPS) is 15.4. The Morgan fingerprint density at radius 3 is 2.35 bits per heavy atom. The zero-order chi connectivity index (χ0) is 14.4. The third-order valence-electron chi connectivity index (χ3n) is 4.03. The van der Waals surface area contributed by atoms with E-state index in [1.807, 2.05) is 11.5 Å². The van der Waals surface area contributed by atoms with Crippen LogP contribution in [0, 0.1) is 0 Å². The maximum atomic E-state index is 12.4. The molecule has 1 fully saturated rings. The summed E-state index contributed by atoms with van der Waals surface area (Å²) in [7, 11) is 3.16. The molecule has 0 radical (unpaired) electrons. The average Bonchev–Trinajstić information content (AvgIpc) is 3.08. The first-order chi connectivity index (χ1) is 9.56. The van der Waals surface area contributed by atoms with Crippen molar-refractivity contribution in [2.24, 2.45) is 14.1 Å². The third-order valence-corrected chi connectivity index (χ3v) is 4.03. The van der Waals surface area contributed by atoms with Gasteiger partial charge in [-0.25, -0.2) is 4.79 Å². The topological polar surface area (TPSA) is 65.1 Å². The van der Waals surface area contributed by atoms with Gasteiger partial charge in [0.25, 0.3) is 5.56 Å². The van der Waals surface area contributed by atoms with Gasteiger partial charge in [-0.15, -0.1) is 0 Å². The molecule has 7 heteroatoms. The van der Waals surface area contributed by atoms with Crippen molar-refractivity contribution in [3.8, 4) is 0 Å². The van der Waals surface area contributed by atoms with Crippen molar-refractivity contribution in [1.82, 2.24) is 18.7 Å². The van der Waals surface area contributed by atoms with Gasteiger partial charge in [0, 0.05) is 33.7 Å². The van der Waals surface area contributed by atoms with Gasteiger partial charge in [-0.05, 0) is 19.8 Å². The number of hydrogen-bond acceptors (Lipinski definition) is 4. The van der Waals surface area contributed by atoms with Gasteiger partial charge in [-0.2, -0.15) is 4.98 Å². The number of fused-ring (bicyclic) bond motifs is 1. The Morgan fingerprint density at radius 2 is 1.75 bits per heavy atom. The molecule has 1 saturated heterocycles. The highest BCUT2D eigenvalue weighted by molar-refractivity contribution is 5.74. The Kier molecular flexibility index (Phi) is 2.92. The van der Waals surface area contributed by atoms with Gasteiger partial charge in [0.1, 0.15) is 0 Å². The van der Waals surface area contributed by atoms with Crippen molar-refractivity contribution in [3.05, 3.63) is 20.8 Å². The molecule has 20 heavy (non-hydrogen) atoms. The molecule has 0 atom stereocenters. The summed E-state index contributed by atoms with van der Waals surface area (Å²) < 4.78 is 4.51. The lowest BCUT2D eigenvalue weighted by atomic mass is 10.4. The van der Waals surface area contributed by atoms with Gasteiger partial charge >= 0.3 is 5.69 Å². The van der Waals surface area contributed by atoms with Crippen LogP contribution >= 0.6 is 0 Å². The van der Waals surface area contributed by atoms with E-state index in [1.165, 1.54) is 11.6 Å². The molecule has 0 spiro atoms. The van der Waals surface area contributed by atoms with E-state index in [9.17, 15) is 9.59 Å². The van der Waals surface area contributed by atoms with Crippen LogP contribution in [0.5, 0.6) is 0 Å². The second-order valence-corrected chi connectivity index (χ2v) is 5.23. The minimum absolute atomic E-state index is 0.275. The lowest BCUT2D eigenvalue weighted by Gasteiger charge is -2.17. The molecule has 2 aromatic heterocycles. The lowest BCUT2D eigenvalue weighted by Crippen LogP contribution is -2.37. The van der Waals surface area contributed by atoms with Crippen LogP contribution in [0.4, 0.5) is 5.95 Å². The summed E-state index contributed by atoms with van der Waals surface area (Å²) in [5.41, 5.74) is 0.375. The molecule has 7 nitrogen and oxygen atoms in total. The molecule has 0 unspecified atom stereocenters. The molecule has 2 aromatic rings. The summed E-state index contributed by atoms with van der Waals surface area (Å²) in [5, 5.41) is 0. The molecule has 0 aromatic carbocycles. The number of anilines is 1.